The summed E-state index contributed by atoms with van der Waals surface area (Å²) in [5.41, 5.74) is 6.69. The van der Waals surface area contributed by atoms with Crippen molar-refractivity contribution in [3.8, 4) is 0 Å². The Morgan fingerprint density at radius 1 is 1.50 bits per heavy atom. The van der Waals surface area contributed by atoms with Crippen molar-refractivity contribution in [3.63, 3.8) is 0 Å². The second-order valence-corrected chi connectivity index (χ2v) is 3.91. The molecule has 0 fully saturated rings. The number of amides is 1. The van der Waals surface area contributed by atoms with Crippen LogP contribution in [0.5, 0.6) is 0 Å². The van der Waals surface area contributed by atoms with Gasteiger partial charge in [0.1, 0.15) is 11.5 Å². The van der Waals surface area contributed by atoms with Crippen LogP contribution in [-0.2, 0) is 6.54 Å². The van der Waals surface area contributed by atoms with Crippen molar-refractivity contribution in [2.45, 2.75) is 13.5 Å². The molecule has 0 aliphatic carbocycles. The first-order chi connectivity index (χ1) is 8.70. The monoisotopic (exact) mass is 245 g/mol. The third-order valence-electron chi connectivity index (χ3n) is 2.49. The van der Waals surface area contributed by atoms with Crippen LogP contribution in [0.1, 0.15) is 16.1 Å². The summed E-state index contributed by atoms with van der Waals surface area (Å²) in [6.07, 6.45) is 4.89. The molecular formula is C12H15N5O. The van der Waals surface area contributed by atoms with Crippen LogP contribution in [0.4, 0.5) is 5.82 Å². The Labute approximate surface area is 105 Å². The molecule has 0 spiro atoms. The average Bonchev–Trinajstić information content (AvgIpc) is 2.81. The van der Waals surface area contributed by atoms with Crippen LogP contribution in [0.2, 0.25) is 0 Å². The zero-order valence-corrected chi connectivity index (χ0v) is 10.1. The Morgan fingerprint density at radius 3 is 3.06 bits per heavy atom. The molecule has 94 valence electrons. The number of carbonyl (C=O) groups excluding carboxylic acids is 1. The van der Waals surface area contributed by atoms with E-state index in [1.807, 2.05) is 19.1 Å². The molecule has 0 saturated carbocycles. The highest BCUT2D eigenvalue weighted by Crippen LogP contribution is 2.10. The van der Waals surface area contributed by atoms with E-state index in [4.69, 9.17) is 5.73 Å². The van der Waals surface area contributed by atoms with Gasteiger partial charge in [-0.15, -0.1) is 0 Å². The van der Waals surface area contributed by atoms with E-state index in [2.05, 4.69) is 15.3 Å². The summed E-state index contributed by atoms with van der Waals surface area (Å²) in [5, 5.41) is 2.72. The number of nitrogens with one attached hydrogen (secondary N) is 1. The number of aryl methyl sites for hydroxylation is 1. The summed E-state index contributed by atoms with van der Waals surface area (Å²) in [6.45, 7) is 3.04. The highest BCUT2D eigenvalue weighted by Gasteiger charge is 2.11. The van der Waals surface area contributed by atoms with E-state index in [9.17, 15) is 4.79 Å². The molecule has 6 heteroatoms. The SMILES string of the molecule is Cc1cccnc1NC(=O)c1cn(CCN)cn1. The molecule has 1 amide bonds. The zero-order chi connectivity index (χ0) is 13.0. The molecule has 2 aromatic rings. The first kappa shape index (κ1) is 12.3. The van der Waals surface area contributed by atoms with Crippen molar-refractivity contribution in [1.29, 1.82) is 0 Å². The molecule has 0 unspecified atom stereocenters. The van der Waals surface area contributed by atoms with Crippen LogP contribution >= 0.6 is 0 Å². The van der Waals surface area contributed by atoms with Gasteiger partial charge in [-0.25, -0.2) is 9.97 Å². The molecule has 3 N–H and O–H groups in total. The summed E-state index contributed by atoms with van der Waals surface area (Å²) in [6, 6.07) is 3.70. The molecule has 0 aromatic carbocycles. The van der Waals surface area contributed by atoms with E-state index in [0.717, 1.165) is 5.56 Å². The van der Waals surface area contributed by atoms with Crippen LogP contribution in [0.15, 0.2) is 30.9 Å². The molecule has 0 aliphatic rings. The van der Waals surface area contributed by atoms with Gasteiger partial charge in [0.05, 0.1) is 6.33 Å². The minimum absolute atomic E-state index is 0.271. The standard InChI is InChI=1S/C12H15N5O/c1-9-3-2-5-14-11(9)16-12(18)10-7-17(6-4-13)8-15-10/h2-3,5,7-8H,4,6,13H2,1H3,(H,14,16,18). The van der Waals surface area contributed by atoms with Gasteiger partial charge in [-0.3, -0.25) is 4.79 Å². The van der Waals surface area contributed by atoms with Gasteiger partial charge in [0, 0.05) is 25.5 Å². The summed E-state index contributed by atoms with van der Waals surface area (Å²) >= 11 is 0. The van der Waals surface area contributed by atoms with E-state index >= 15 is 0 Å². The Balaban J connectivity index is 2.10. The number of anilines is 1. The highest BCUT2D eigenvalue weighted by molar-refractivity contribution is 6.02. The van der Waals surface area contributed by atoms with Crippen LogP contribution in [0, 0.1) is 6.92 Å². The fraction of sp³-hybridized carbons (Fsp3) is 0.250. The van der Waals surface area contributed by atoms with E-state index in [1.165, 1.54) is 0 Å². The quantitative estimate of drug-likeness (QED) is 0.834. The van der Waals surface area contributed by atoms with E-state index in [-0.39, 0.29) is 5.91 Å². The minimum Gasteiger partial charge on any atom is -0.335 e. The number of pyridine rings is 1. The molecule has 0 atom stereocenters. The van der Waals surface area contributed by atoms with Gasteiger partial charge in [-0.2, -0.15) is 0 Å². The molecule has 18 heavy (non-hydrogen) atoms. The minimum atomic E-state index is -0.271. The number of aromatic nitrogens is 3. The third-order valence-corrected chi connectivity index (χ3v) is 2.49. The Bertz CT molecular complexity index is 549. The van der Waals surface area contributed by atoms with Crippen LogP contribution < -0.4 is 11.1 Å². The lowest BCUT2D eigenvalue weighted by molar-refractivity contribution is 0.102. The Hall–Kier alpha value is -2.21. The van der Waals surface area contributed by atoms with Gasteiger partial charge < -0.3 is 15.6 Å². The molecule has 2 rings (SSSR count). The van der Waals surface area contributed by atoms with Gasteiger partial charge in [0.15, 0.2) is 0 Å². The van der Waals surface area contributed by atoms with Crippen molar-refractivity contribution in [1.82, 2.24) is 14.5 Å². The summed E-state index contributed by atoms with van der Waals surface area (Å²) < 4.78 is 1.78. The van der Waals surface area contributed by atoms with E-state index in [0.29, 0.717) is 24.6 Å². The maximum atomic E-state index is 11.9. The lowest BCUT2D eigenvalue weighted by Gasteiger charge is -2.04. The van der Waals surface area contributed by atoms with Gasteiger partial charge in [-0.05, 0) is 18.6 Å². The second-order valence-electron chi connectivity index (χ2n) is 3.91. The number of nitrogens with zero attached hydrogens (tertiary/aromatic N) is 3. The predicted molar refractivity (Wildman–Crippen MR) is 68.2 cm³/mol. The molecule has 2 aromatic heterocycles. The summed E-state index contributed by atoms with van der Waals surface area (Å²) in [7, 11) is 0. The Morgan fingerprint density at radius 2 is 2.33 bits per heavy atom. The first-order valence-corrected chi connectivity index (χ1v) is 5.65. The third kappa shape index (κ3) is 2.72. The van der Waals surface area contributed by atoms with Crippen LogP contribution in [0.3, 0.4) is 0 Å². The van der Waals surface area contributed by atoms with Crippen LogP contribution in [-0.4, -0.2) is 27.0 Å². The topological polar surface area (TPSA) is 85.8 Å². The van der Waals surface area contributed by atoms with Crippen molar-refractivity contribution < 1.29 is 4.79 Å². The fourth-order valence-electron chi connectivity index (χ4n) is 1.54. The Kier molecular flexibility index (Phi) is 3.69. The molecule has 0 radical (unpaired) electrons. The molecular weight excluding hydrogens is 230 g/mol. The first-order valence-electron chi connectivity index (χ1n) is 5.65. The predicted octanol–water partition coefficient (Wildman–Crippen LogP) is 0.798. The lowest BCUT2D eigenvalue weighted by atomic mass is 10.3. The zero-order valence-electron chi connectivity index (χ0n) is 10.1. The number of nitrogens with two attached hydrogens (primary N) is 1. The molecule has 6 nitrogen and oxygen atoms in total. The number of rotatable bonds is 4. The normalized spacial score (nSPS) is 10.3. The van der Waals surface area contributed by atoms with Crippen LogP contribution in [0.25, 0.3) is 0 Å². The molecule has 0 saturated heterocycles. The van der Waals surface area contributed by atoms with E-state index in [1.54, 1.807) is 23.3 Å². The summed E-state index contributed by atoms with van der Waals surface area (Å²) in [4.78, 5) is 20.1. The maximum Gasteiger partial charge on any atom is 0.277 e. The van der Waals surface area contributed by atoms with Crippen molar-refractivity contribution in [3.05, 3.63) is 42.1 Å². The second kappa shape index (κ2) is 5.42. The van der Waals surface area contributed by atoms with Crippen molar-refractivity contribution in [2.75, 3.05) is 11.9 Å². The number of carbonyl (C=O) groups is 1. The molecule has 0 bridgehead atoms. The smallest absolute Gasteiger partial charge is 0.277 e. The number of imidazole rings is 1. The van der Waals surface area contributed by atoms with Crippen molar-refractivity contribution in [2.24, 2.45) is 5.73 Å². The number of hydrogen-bond donors (Lipinski definition) is 2. The average molecular weight is 245 g/mol. The summed E-state index contributed by atoms with van der Waals surface area (Å²) in [5.74, 6) is 0.281. The maximum absolute atomic E-state index is 11.9. The van der Waals surface area contributed by atoms with Crippen molar-refractivity contribution >= 4 is 11.7 Å². The molecule has 0 aliphatic heterocycles. The molecule has 2 heterocycles. The fourth-order valence-corrected chi connectivity index (χ4v) is 1.54. The van der Waals surface area contributed by atoms with E-state index < -0.39 is 0 Å². The van der Waals surface area contributed by atoms with Gasteiger partial charge in [-0.1, -0.05) is 6.07 Å². The lowest BCUT2D eigenvalue weighted by Crippen LogP contribution is -2.14. The van der Waals surface area contributed by atoms with Gasteiger partial charge in [0.2, 0.25) is 0 Å². The van der Waals surface area contributed by atoms with Gasteiger partial charge in [0.25, 0.3) is 5.91 Å². The largest absolute Gasteiger partial charge is 0.335 e. The highest BCUT2D eigenvalue weighted by atomic mass is 16.2. The van der Waals surface area contributed by atoms with Gasteiger partial charge >= 0.3 is 0 Å². The number of hydrogen-bond acceptors (Lipinski definition) is 4.